The maximum atomic E-state index is 11.9. The highest BCUT2D eigenvalue weighted by Gasteiger charge is 2.14. The van der Waals surface area contributed by atoms with Crippen LogP contribution in [-0.2, 0) is 11.3 Å². The number of pyridine rings is 1. The molecule has 0 spiro atoms. The second kappa shape index (κ2) is 7.01. The van der Waals surface area contributed by atoms with Gasteiger partial charge in [0.2, 0.25) is 5.91 Å². The number of nitrogens with two attached hydrogens (primary N) is 1. The predicted molar refractivity (Wildman–Crippen MR) is 68.2 cm³/mol. The molecular weight excluding hydrogens is 214 g/mol. The van der Waals surface area contributed by atoms with E-state index in [1.165, 1.54) is 0 Å². The van der Waals surface area contributed by atoms with E-state index >= 15 is 0 Å². The number of nitrogens with zero attached hydrogens (tertiary/aromatic N) is 2. The van der Waals surface area contributed by atoms with Gasteiger partial charge in [-0.25, -0.2) is 0 Å². The molecule has 0 aliphatic carbocycles. The number of carbonyl (C=O) groups excluding carboxylic acids is 1. The van der Waals surface area contributed by atoms with Crippen LogP contribution in [0.5, 0.6) is 0 Å². The van der Waals surface area contributed by atoms with Crippen LogP contribution in [0.2, 0.25) is 0 Å². The van der Waals surface area contributed by atoms with Crippen molar-refractivity contribution in [1.82, 2.24) is 9.88 Å². The molecule has 1 heterocycles. The molecule has 0 aliphatic rings. The quantitative estimate of drug-likeness (QED) is 0.811. The van der Waals surface area contributed by atoms with E-state index in [4.69, 9.17) is 5.73 Å². The highest BCUT2D eigenvalue weighted by Crippen LogP contribution is 2.06. The number of rotatable bonds is 6. The lowest BCUT2D eigenvalue weighted by Gasteiger charge is -2.24. The topological polar surface area (TPSA) is 59.2 Å². The molecule has 1 rings (SSSR count). The third kappa shape index (κ3) is 4.95. The summed E-state index contributed by atoms with van der Waals surface area (Å²) >= 11 is 0. The van der Waals surface area contributed by atoms with Crippen LogP contribution < -0.4 is 5.73 Å². The lowest BCUT2D eigenvalue weighted by atomic mass is 10.2. The Morgan fingerprint density at radius 2 is 2.24 bits per heavy atom. The molecule has 17 heavy (non-hydrogen) atoms. The molecule has 0 aliphatic heterocycles. The summed E-state index contributed by atoms with van der Waals surface area (Å²) in [5.74, 6) is 0.548. The van der Waals surface area contributed by atoms with Gasteiger partial charge in [0.05, 0.1) is 12.2 Å². The summed E-state index contributed by atoms with van der Waals surface area (Å²) in [5.41, 5.74) is 6.34. The van der Waals surface area contributed by atoms with E-state index in [9.17, 15) is 4.79 Å². The van der Waals surface area contributed by atoms with E-state index in [2.05, 4.69) is 18.8 Å². The first kappa shape index (κ1) is 13.6. The van der Waals surface area contributed by atoms with Gasteiger partial charge in [0.25, 0.3) is 0 Å². The molecule has 2 N–H and O–H groups in total. The standard InChI is InChI=1S/C13H21N3O/c1-11(2)9-16(13(17)6-7-14)10-12-5-3-4-8-15-12/h3-5,8,11H,6-7,9-10,14H2,1-2H3. The van der Waals surface area contributed by atoms with Gasteiger partial charge in [0.15, 0.2) is 0 Å². The number of amides is 1. The summed E-state index contributed by atoms with van der Waals surface area (Å²) < 4.78 is 0. The van der Waals surface area contributed by atoms with Crippen LogP contribution >= 0.6 is 0 Å². The largest absolute Gasteiger partial charge is 0.337 e. The number of carbonyl (C=O) groups is 1. The molecule has 1 amide bonds. The predicted octanol–water partition coefficient (Wildman–Crippen LogP) is 1.41. The van der Waals surface area contributed by atoms with E-state index in [1.807, 2.05) is 23.1 Å². The minimum Gasteiger partial charge on any atom is -0.337 e. The van der Waals surface area contributed by atoms with Gasteiger partial charge in [-0.1, -0.05) is 19.9 Å². The van der Waals surface area contributed by atoms with E-state index < -0.39 is 0 Å². The normalized spacial score (nSPS) is 10.6. The summed E-state index contributed by atoms with van der Waals surface area (Å²) in [6, 6.07) is 5.74. The van der Waals surface area contributed by atoms with Crippen molar-refractivity contribution < 1.29 is 4.79 Å². The number of hydrogen-bond acceptors (Lipinski definition) is 3. The highest BCUT2D eigenvalue weighted by atomic mass is 16.2. The second-order valence-corrected chi connectivity index (χ2v) is 4.53. The summed E-state index contributed by atoms with van der Waals surface area (Å²) in [5, 5.41) is 0. The molecular formula is C13H21N3O. The fourth-order valence-electron chi connectivity index (χ4n) is 1.66. The summed E-state index contributed by atoms with van der Waals surface area (Å²) in [7, 11) is 0. The van der Waals surface area contributed by atoms with Crippen molar-refractivity contribution in [1.29, 1.82) is 0 Å². The molecule has 0 atom stereocenters. The first-order valence-corrected chi connectivity index (χ1v) is 6.01. The Hall–Kier alpha value is -1.42. The highest BCUT2D eigenvalue weighted by molar-refractivity contribution is 5.76. The van der Waals surface area contributed by atoms with E-state index in [0.29, 0.717) is 25.4 Å². The Bertz CT molecular complexity index is 338. The average Bonchev–Trinajstić information content (AvgIpc) is 2.29. The molecule has 0 unspecified atom stereocenters. The van der Waals surface area contributed by atoms with Crippen LogP contribution in [0.4, 0.5) is 0 Å². The Morgan fingerprint density at radius 1 is 1.47 bits per heavy atom. The van der Waals surface area contributed by atoms with Crippen molar-refractivity contribution in [3.05, 3.63) is 30.1 Å². The van der Waals surface area contributed by atoms with E-state index in [0.717, 1.165) is 12.2 Å². The summed E-state index contributed by atoms with van der Waals surface area (Å²) in [4.78, 5) is 18.0. The molecule has 0 radical (unpaired) electrons. The molecule has 4 nitrogen and oxygen atoms in total. The second-order valence-electron chi connectivity index (χ2n) is 4.53. The van der Waals surface area contributed by atoms with Crippen molar-refractivity contribution in [3.8, 4) is 0 Å². The Morgan fingerprint density at radius 3 is 2.76 bits per heavy atom. The van der Waals surface area contributed by atoms with Crippen LogP contribution in [0.3, 0.4) is 0 Å². The molecule has 0 bridgehead atoms. The van der Waals surface area contributed by atoms with Gasteiger partial charge >= 0.3 is 0 Å². The maximum Gasteiger partial charge on any atom is 0.224 e. The van der Waals surface area contributed by atoms with Crippen molar-refractivity contribution in [2.24, 2.45) is 11.7 Å². The van der Waals surface area contributed by atoms with Crippen LogP contribution in [0.25, 0.3) is 0 Å². The molecule has 94 valence electrons. The molecule has 1 aromatic rings. The van der Waals surface area contributed by atoms with Gasteiger partial charge in [-0.05, 0) is 18.1 Å². The molecule has 0 saturated carbocycles. The SMILES string of the molecule is CC(C)CN(Cc1ccccn1)C(=O)CCN. The average molecular weight is 235 g/mol. The van der Waals surface area contributed by atoms with E-state index in [-0.39, 0.29) is 5.91 Å². The molecule has 0 aromatic carbocycles. The molecule has 1 aromatic heterocycles. The van der Waals surface area contributed by atoms with Gasteiger partial charge in [-0.15, -0.1) is 0 Å². The zero-order valence-corrected chi connectivity index (χ0v) is 10.6. The van der Waals surface area contributed by atoms with Crippen molar-refractivity contribution in [3.63, 3.8) is 0 Å². The number of hydrogen-bond donors (Lipinski definition) is 1. The molecule has 0 fully saturated rings. The lowest BCUT2D eigenvalue weighted by molar-refractivity contribution is -0.132. The maximum absolute atomic E-state index is 11.9. The zero-order chi connectivity index (χ0) is 12.7. The van der Waals surface area contributed by atoms with Gasteiger partial charge < -0.3 is 10.6 Å². The first-order valence-electron chi connectivity index (χ1n) is 6.01. The zero-order valence-electron chi connectivity index (χ0n) is 10.6. The molecule has 4 heteroatoms. The minimum absolute atomic E-state index is 0.104. The van der Waals surface area contributed by atoms with Crippen LogP contribution in [-0.4, -0.2) is 28.9 Å². The lowest BCUT2D eigenvalue weighted by Crippen LogP contribution is -2.35. The third-order valence-corrected chi connectivity index (χ3v) is 2.38. The monoisotopic (exact) mass is 235 g/mol. The smallest absolute Gasteiger partial charge is 0.224 e. The molecule has 0 saturated heterocycles. The van der Waals surface area contributed by atoms with Gasteiger partial charge in [0, 0.05) is 25.7 Å². The van der Waals surface area contributed by atoms with Crippen molar-refractivity contribution in [2.45, 2.75) is 26.8 Å². The summed E-state index contributed by atoms with van der Waals surface area (Å²) in [6.45, 7) is 5.91. The Labute approximate surface area is 103 Å². The van der Waals surface area contributed by atoms with Crippen molar-refractivity contribution in [2.75, 3.05) is 13.1 Å². The fraction of sp³-hybridized carbons (Fsp3) is 0.538. The third-order valence-electron chi connectivity index (χ3n) is 2.38. The van der Waals surface area contributed by atoms with Gasteiger partial charge in [-0.3, -0.25) is 9.78 Å². The summed E-state index contributed by atoms with van der Waals surface area (Å²) in [6.07, 6.45) is 2.15. The van der Waals surface area contributed by atoms with Crippen molar-refractivity contribution >= 4 is 5.91 Å². The van der Waals surface area contributed by atoms with Crippen LogP contribution in [0, 0.1) is 5.92 Å². The Balaban J connectivity index is 2.66. The minimum atomic E-state index is 0.104. The van der Waals surface area contributed by atoms with Gasteiger partial charge in [-0.2, -0.15) is 0 Å². The van der Waals surface area contributed by atoms with Gasteiger partial charge in [0.1, 0.15) is 0 Å². The number of aromatic nitrogens is 1. The van der Waals surface area contributed by atoms with Crippen LogP contribution in [0.1, 0.15) is 26.0 Å². The van der Waals surface area contributed by atoms with Crippen LogP contribution in [0.15, 0.2) is 24.4 Å². The first-order chi connectivity index (χ1) is 8.13. The van der Waals surface area contributed by atoms with E-state index in [1.54, 1.807) is 6.20 Å². The fourth-order valence-corrected chi connectivity index (χ4v) is 1.66. The Kier molecular flexibility index (Phi) is 5.63.